The standard InChI is InChI=1S/C12H19NO3S/c1-17(14,15)10-4-8-16-9-7-11-5-2-3-6-12(11)13/h2-3,5-6H,4,7-10,13H2,1H3. The summed E-state index contributed by atoms with van der Waals surface area (Å²) in [6, 6.07) is 7.66. The first-order valence-corrected chi connectivity index (χ1v) is 7.64. The minimum absolute atomic E-state index is 0.181. The van der Waals surface area contributed by atoms with Gasteiger partial charge in [-0.3, -0.25) is 0 Å². The molecule has 0 unspecified atom stereocenters. The van der Waals surface area contributed by atoms with Crippen molar-refractivity contribution in [1.29, 1.82) is 0 Å². The molecular weight excluding hydrogens is 238 g/mol. The number of benzene rings is 1. The maximum Gasteiger partial charge on any atom is 0.147 e. The fourth-order valence-corrected chi connectivity index (χ4v) is 2.11. The lowest BCUT2D eigenvalue weighted by Crippen LogP contribution is -2.08. The molecule has 0 bridgehead atoms. The third-order valence-electron chi connectivity index (χ3n) is 2.37. The van der Waals surface area contributed by atoms with E-state index in [-0.39, 0.29) is 5.75 Å². The van der Waals surface area contributed by atoms with Crippen LogP contribution in [0.1, 0.15) is 12.0 Å². The highest BCUT2D eigenvalue weighted by Gasteiger charge is 2.01. The highest BCUT2D eigenvalue weighted by Crippen LogP contribution is 2.10. The largest absolute Gasteiger partial charge is 0.399 e. The van der Waals surface area contributed by atoms with Crippen LogP contribution in [-0.2, 0) is 21.0 Å². The molecule has 0 saturated carbocycles. The van der Waals surface area contributed by atoms with Crippen molar-refractivity contribution in [2.24, 2.45) is 0 Å². The summed E-state index contributed by atoms with van der Waals surface area (Å²) in [5.41, 5.74) is 7.62. The van der Waals surface area contributed by atoms with E-state index in [1.165, 1.54) is 6.26 Å². The van der Waals surface area contributed by atoms with Gasteiger partial charge in [0.1, 0.15) is 9.84 Å². The van der Waals surface area contributed by atoms with Gasteiger partial charge in [-0.15, -0.1) is 0 Å². The average Bonchev–Trinajstić information content (AvgIpc) is 2.24. The number of rotatable bonds is 7. The van der Waals surface area contributed by atoms with Crippen molar-refractivity contribution in [1.82, 2.24) is 0 Å². The zero-order valence-electron chi connectivity index (χ0n) is 10.1. The number of hydrogen-bond donors (Lipinski definition) is 1. The third-order valence-corrected chi connectivity index (χ3v) is 3.40. The highest BCUT2D eigenvalue weighted by atomic mass is 32.2. The van der Waals surface area contributed by atoms with Crippen molar-refractivity contribution in [3.63, 3.8) is 0 Å². The molecule has 1 aromatic rings. The van der Waals surface area contributed by atoms with Gasteiger partial charge in [-0.05, 0) is 24.5 Å². The summed E-state index contributed by atoms with van der Waals surface area (Å²) in [5.74, 6) is 0.181. The van der Waals surface area contributed by atoms with Crippen molar-refractivity contribution in [2.45, 2.75) is 12.8 Å². The van der Waals surface area contributed by atoms with Crippen molar-refractivity contribution in [3.8, 4) is 0 Å². The van der Waals surface area contributed by atoms with Crippen molar-refractivity contribution in [3.05, 3.63) is 29.8 Å². The summed E-state index contributed by atoms with van der Waals surface area (Å²) in [4.78, 5) is 0. The van der Waals surface area contributed by atoms with E-state index in [9.17, 15) is 8.42 Å². The highest BCUT2D eigenvalue weighted by molar-refractivity contribution is 7.90. The molecule has 1 aromatic carbocycles. The summed E-state index contributed by atoms with van der Waals surface area (Å²) < 4.78 is 27.1. The van der Waals surface area contributed by atoms with Crippen LogP contribution in [0, 0.1) is 0 Å². The molecule has 0 spiro atoms. The van der Waals surface area contributed by atoms with E-state index in [0.29, 0.717) is 19.6 Å². The number of ether oxygens (including phenoxy) is 1. The molecule has 0 aliphatic carbocycles. The van der Waals surface area contributed by atoms with Crippen LogP contribution in [0.4, 0.5) is 5.69 Å². The van der Waals surface area contributed by atoms with Gasteiger partial charge >= 0.3 is 0 Å². The number of nitrogen functional groups attached to an aromatic ring is 1. The molecule has 0 atom stereocenters. The van der Waals surface area contributed by atoms with E-state index in [0.717, 1.165) is 17.7 Å². The predicted octanol–water partition coefficient (Wildman–Crippen LogP) is 1.26. The fourth-order valence-electron chi connectivity index (χ4n) is 1.47. The topological polar surface area (TPSA) is 69.4 Å². The summed E-state index contributed by atoms with van der Waals surface area (Å²) >= 11 is 0. The second kappa shape index (κ2) is 6.61. The van der Waals surface area contributed by atoms with E-state index >= 15 is 0 Å². The molecule has 2 N–H and O–H groups in total. The van der Waals surface area contributed by atoms with Gasteiger partial charge in [-0.1, -0.05) is 18.2 Å². The van der Waals surface area contributed by atoms with Gasteiger partial charge in [0.25, 0.3) is 0 Å². The first kappa shape index (κ1) is 14.0. The second-order valence-corrected chi connectivity index (χ2v) is 6.30. The zero-order valence-corrected chi connectivity index (χ0v) is 10.9. The fraction of sp³-hybridized carbons (Fsp3) is 0.500. The summed E-state index contributed by atoms with van der Waals surface area (Å²) in [6.07, 6.45) is 2.53. The molecule has 1 rings (SSSR count). The van der Waals surface area contributed by atoms with Gasteiger partial charge < -0.3 is 10.5 Å². The third kappa shape index (κ3) is 6.28. The molecule has 5 heteroatoms. The van der Waals surface area contributed by atoms with Crippen molar-refractivity contribution < 1.29 is 13.2 Å². The summed E-state index contributed by atoms with van der Waals surface area (Å²) in [7, 11) is -2.87. The Balaban J connectivity index is 2.15. The Kier molecular flexibility index (Phi) is 5.44. The summed E-state index contributed by atoms with van der Waals surface area (Å²) in [5, 5.41) is 0. The number of hydrogen-bond acceptors (Lipinski definition) is 4. The first-order valence-electron chi connectivity index (χ1n) is 5.58. The average molecular weight is 257 g/mol. The van der Waals surface area contributed by atoms with Gasteiger partial charge in [-0.2, -0.15) is 0 Å². The van der Waals surface area contributed by atoms with Crippen LogP contribution in [0.2, 0.25) is 0 Å². The van der Waals surface area contributed by atoms with Crippen LogP contribution in [0.5, 0.6) is 0 Å². The Morgan fingerprint density at radius 2 is 1.94 bits per heavy atom. The minimum Gasteiger partial charge on any atom is -0.399 e. The maximum atomic E-state index is 10.9. The predicted molar refractivity (Wildman–Crippen MR) is 69.7 cm³/mol. The van der Waals surface area contributed by atoms with Crippen LogP contribution in [-0.4, -0.2) is 33.6 Å². The van der Waals surface area contributed by atoms with E-state index < -0.39 is 9.84 Å². The molecule has 96 valence electrons. The normalized spacial score (nSPS) is 11.6. The Morgan fingerprint density at radius 1 is 1.24 bits per heavy atom. The van der Waals surface area contributed by atoms with Crippen LogP contribution in [0.15, 0.2) is 24.3 Å². The molecular formula is C12H19NO3S. The Labute approximate surface area is 103 Å². The van der Waals surface area contributed by atoms with Crippen LogP contribution in [0.25, 0.3) is 0 Å². The van der Waals surface area contributed by atoms with Crippen LogP contribution >= 0.6 is 0 Å². The monoisotopic (exact) mass is 257 g/mol. The van der Waals surface area contributed by atoms with Crippen LogP contribution in [0.3, 0.4) is 0 Å². The first-order chi connectivity index (χ1) is 7.99. The molecule has 0 aliphatic heterocycles. The zero-order chi connectivity index (χ0) is 12.7. The van der Waals surface area contributed by atoms with Gasteiger partial charge in [0.15, 0.2) is 0 Å². The number of anilines is 1. The van der Waals surface area contributed by atoms with Crippen molar-refractivity contribution in [2.75, 3.05) is 31.0 Å². The molecule has 0 fully saturated rings. The van der Waals surface area contributed by atoms with E-state index in [1.807, 2.05) is 24.3 Å². The molecule has 0 radical (unpaired) electrons. The van der Waals surface area contributed by atoms with Gasteiger partial charge in [0.2, 0.25) is 0 Å². The van der Waals surface area contributed by atoms with Gasteiger partial charge in [0.05, 0.1) is 12.4 Å². The molecule has 0 amide bonds. The lowest BCUT2D eigenvalue weighted by atomic mass is 10.1. The number of para-hydroxylation sites is 1. The Hall–Kier alpha value is -1.07. The molecule has 0 aliphatic rings. The Morgan fingerprint density at radius 3 is 2.59 bits per heavy atom. The van der Waals surface area contributed by atoms with E-state index in [4.69, 9.17) is 10.5 Å². The van der Waals surface area contributed by atoms with Gasteiger partial charge in [-0.25, -0.2) is 8.42 Å². The van der Waals surface area contributed by atoms with E-state index in [2.05, 4.69) is 0 Å². The summed E-state index contributed by atoms with van der Waals surface area (Å²) in [6.45, 7) is 1.04. The minimum atomic E-state index is -2.87. The molecule has 17 heavy (non-hydrogen) atoms. The second-order valence-electron chi connectivity index (χ2n) is 4.04. The molecule has 0 heterocycles. The SMILES string of the molecule is CS(=O)(=O)CCCOCCc1ccccc1N. The van der Waals surface area contributed by atoms with E-state index in [1.54, 1.807) is 0 Å². The van der Waals surface area contributed by atoms with Gasteiger partial charge in [0, 0.05) is 18.6 Å². The number of nitrogens with two attached hydrogens (primary N) is 1. The maximum absolute atomic E-state index is 10.9. The van der Waals surface area contributed by atoms with Crippen molar-refractivity contribution >= 4 is 15.5 Å². The van der Waals surface area contributed by atoms with Crippen LogP contribution < -0.4 is 5.73 Å². The smallest absolute Gasteiger partial charge is 0.147 e. The molecule has 0 aromatic heterocycles. The molecule has 0 saturated heterocycles. The number of sulfone groups is 1. The Bertz CT molecular complexity index is 443. The lowest BCUT2D eigenvalue weighted by molar-refractivity contribution is 0.138. The quantitative estimate of drug-likeness (QED) is 0.590. The lowest BCUT2D eigenvalue weighted by Gasteiger charge is -2.06. The molecule has 4 nitrogen and oxygen atoms in total.